The highest BCUT2D eigenvalue weighted by Crippen LogP contribution is 2.56. The van der Waals surface area contributed by atoms with Crippen LogP contribution in [0.15, 0.2) is 23.8 Å². The molecule has 0 aromatic heterocycles. The second-order valence-electron chi connectivity index (χ2n) is 9.36. The van der Waals surface area contributed by atoms with E-state index in [9.17, 15) is 24.3 Å². The van der Waals surface area contributed by atoms with E-state index in [4.69, 9.17) is 28.4 Å². The molecule has 11 heteroatoms. The van der Waals surface area contributed by atoms with Crippen LogP contribution < -0.4 is 0 Å². The molecule has 0 bridgehead atoms. The Labute approximate surface area is 188 Å². The predicted octanol–water partition coefficient (Wildman–Crippen LogP) is 0.0546. The van der Waals surface area contributed by atoms with Crippen molar-refractivity contribution in [1.82, 2.24) is 0 Å². The first-order chi connectivity index (χ1) is 15.4. The lowest BCUT2D eigenvalue weighted by molar-refractivity contribution is -0.174. The van der Waals surface area contributed by atoms with Gasteiger partial charge >= 0.3 is 23.9 Å². The van der Waals surface area contributed by atoms with Gasteiger partial charge in [0.25, 0.3) is 0 Å². The average Bonchev–Trinajstić information content (AvgIpc) is 3.65. The van der Waals surface area contributed by atoms with Gasteiger partial charge in [-0.3, -0.25) is 4.79 Å². The van der Waals surface area contributed by atoms with Crippen LogP contribution in [0.5, 0.6) is 0 Å². The van der Waals surface area contributed by atoms with E-state index in [-0.39, 0.29) is 11.1 Å². The van der Waals surface area contributed by atoms with Crippen LogP contribution in [0.25, 0.3) is 0 Å². The van der Waals surface area contributed by atoms with Crippen molar-refractivity contribution in [3.05, 3.63) is 23.8 Å². The van der Waals surface area contributed by atoms with Crippen molar-refractivity contribution < 1.29 is 52.7 Å². The minimum absolute atomic E-state index is 0.0405. The molecule has 0 radical (unpaired) electrons. The number of fused-ring (bicyclic) bond motifs is 5. The summed E-state index contributed by atoms with van der Waals surface area (Å²) < 4.78 is 33.5. The van der Waals surface area contributed by atoms with Crippen molar-refractivity contribution in [2.24, 2.45) is 5.92 Å². The smallest absolute Gasteiger partial charge is 0.341 e. The summed E-state index contributed by atoms with van der Waals surface area (Å²) in [6.45, 7) is 9.88. The topological polar surface area (TPSA) is 154 Å². The molecular formula is C22H24O11. The zero-order valence-electron chi connectivity index (χ0n) is 18.4. The maximum absolute atomic E-state index is 13.0. The van der Waals surface area contributed by atoms with E-state index in [0.717, 1.165) is 6.92 Å². The van der Waals surface area contributed by atoms with Gasteiger partial charge in [0, 0.05) is 12.5 Å². The minimum atomic E-state index is -1.56. The van der Waals surface area contributed by atoms with Gasteiger partial charge in [0.15, 0.2) is 17.8 Å². The normalized spacial score (nSPS) is 48.7. The Balaban J connectivity index is 1.63. The van der Waals surface area contributed by atoms with Crippen LogP contribution in [0.1, 0.15) is 27.7 Å². The van der Waals surface area contributed by atoms with Gasteiger partial charge in [-0.25, -0.2) is 14.4 Å². The number of epoxide rings is 3. The fraction of sp³-hybridized carbons (Fsp3) is 0.636. The molecule has 0 unspecified atom stereocenters. The predicted molar refractivity (Wildman–Crippen MR) is 105 cm³/mol. The number of hydrogen-bond donors (Lipinski definition) is 1. The number of ether oxygens (including phenoxy) is 6. The first-order valence-corrected chi connectivity index (χ1v) is 10.6. The summed E-state index contributed by atoms with van der Waals surface area (Å²) in [6.07, 6.45) is -4.76. The molecule has 4 aliphatic heterocycles. The van der Waals surface area contributed by atoms with Crippen LogP contribution in [0, 0.1) is 5.92 Å². The summed E-state index contributed by atoms with van der Waals surface area (Å²) in [5.74, 6) is -4.76. The Morgan fingerprint density at radius 1 is 1.15 bits per heavy atom. The molecule has 4 heterocycles. The number of esters is 3. The van der Waals surface area contributed by atoms with Crippen LogP contribution in [-0.2, 0) is 47.6 Å². The second-order valence-corrected chi connectivity index (χ2v) is 9.36. The monoisotopic (exact) mass is 464 g/mol. The number of rotatable bonds is 4. The Morgan fingerprint density at radius 3 is 2.39 bits per heavy atom. The minimum Gasteiger partial charge on any atom is -0.478 e. The molecule has 1 aliphatic carbocycles. The summed E-state index contributed by atoms with van der Waals surface area (Å²) in [6, 6.07) is 0. The quantitative estimate of drug-likeness (QED) is 0.260. The van der Waals surface area contributed by atoms with Gasteiger partial charge in [0.05, 0.1) is 17.6 Å². The van der Waals surface area contributed by atoms with Crippen LogP contribution in [0.4, 0.5) is 0 Å². The maximum atomic E-state index is 13.0. The van der Waals surface area contributed by atoms with Gasteiger partial charge < -0.3 is 33.5 Å². The molecule has 178 valence electrons. The van der Waals surface area contributed by atoms with Crippen LogP contribution >= 0.6 is 0 Å². The first kappa shape index (κ1) is 22.1. The van der Waals surface area contributed by atoms with Gasteiger partial charge in [0.1, 0.15) is 30.0 Å². The van der Waals surface area contributed by atoms with E-state index >= 15 is 0 Å². The fourth-order valence-electron chi connectivity index (χ4n) is 4.88. The Morgan fingerprint density at radius 2 is 1.82 bits per heavy atom. The van der Waals surface area contributed by atoms with Crippen molar-refractivity contribution in [2.45, 2.75) is 81.6 Å². The summed E-state index contributed by atoms with van der Waals surface area (Å²) in [4.78, 5) is 49.8. The molecule has 4 saturated heterocycles. The molecule has 0 amide bonds. The van der Waals surface area contributed by atoms with Crippen molar-refractivity contribution in [3.8, 4) is 0 Å². The van der Waals surface area contributed by atoms with E-state index in [0.29, 0.717) is 0 Å². The third kappa shape index (κ3) is 3.29. The van der Waals surface area contributed by atoms with E-state index in [1.54, 1.807) is 13.8 Å². The summed E-state index contributed by atoms with van der Waals surface area (Å²) in [5, 5.41) is 9.97. The highest BCUT2D eigenvalue weighted by molar-refractivity contribution is 5.92. The van der Waals surface area contributed by atoms with E-state index < -0.39 is 83.7 Å². The van der Waals surface area contributed by atoms with Crippen molar-refractivity contribution >= 4 is 23.9 Å². The van der Waals surface area contributed by atoms with Crippen molar-refractivity contribution in [1.29, 1.82) is 0 Å². The SMILES string of the molecule is C=C1C(=O)O[C@H]2[C@H]1[C@H](OC(=O)[C@]1(C)O[C@@H]1C)[C@@H](OC(C)=O)/C(C(=O)O)=C\[C@H]1O[C@H]1[C@]1(C)O[C@H]21. The lowest BCUT2D eigenvalue weighted by atomic mass is 9.80. The largest absolute Gasteiger partial charge is 0.478 e. The highest BCUT2D eigenvalue weighted by atomic mass is 16.7. The van der Waals surface area contributed by atoms with Gasteiger partial charge in [-0.1, -0.05) is 6.58 Å². The first-order valence-electron chi connectivity index (χ1n) is 10.6. The Bertz CT molecular complexity index is 1020. The van der Waals surface area contributed by atoms with E-state index in [2.05, 4.69) is 6.58 Å². The molecule has 0 aromatic carbocycles. The van der Waals surface area contributed by atoms with E-state index in [1.807, 2.05) is 0 Å². The molecule has 0 aromatic rings. The summed E-state index contributed by atoms with van der Waals surface area (Å²) >= 11 is 0. The van der Waals surface area contributed by atoms with Gasteiger partial charge in [0.2, 0.25) is 0 Å². The Kier molecular flexibility index (Phi) is 4.59. The van der Waals surface area contributed by atoms with Gasteiger partial charge in [-0.15, -0.1) is 0 Å². The molecule has 11 nitrogen and oxygen atoms in total. The average molecular weight is 464 g/mol. The van der Waals surface area contributed by atoms with Crippen LogP contribution in [0.2, 0.25) is 0 Å². The molecule has 0 saturated carbocycles. The molecule has 5 aliphatic rings. The zero-order valence-corrected chi connectivity index (χ0v) is 18.4. The van der Waals surface area contributed by atoms with Crippen LogP contribution in [0.3, 0.4) is 0 Å². The molecule has 4 fully saturated rings. The number of carbonyl (C=O) groups excluding carboxylic acids is 3. The summed E-state index contributed by atoms with van der Waals surface area (Å²) in [5.41, 5.74) is -2.47. The third-order valence-electron chi connectivity index (χ3n) is 7.17. The number of carbonyl (C=O) groups is 4. The zero-order chi connectivity index (χ0) is 24.0. The standard InChI is InChI=1S/C22H24O11/c1-7-12-14(31-20(27)21(4)8(2)32-21)13(28-9(3)23)10(18(24)25)6-11-16(29-11)22(5)17(33-22)15(12)30-19(7)26/h6,8,11-17H,1H2,2-5H3,(H,24,25)/b10-6+/t8-,11-,12-,13+,14+,15+,16-,17-,21-,22+/m1/s1. The molecule has 1 N–H and O–H groups in total. The summed E-state index contributed by atoms with van der Waals surface area (Å²) in [7, 11) is 0. The van der Waals surface area contributed by atoms with Crippen molar-refractivity contribution in [2.75, 3.05) is 0 Å². The molecular weight excluding hydrogens is 440 g/mol. The lowest BCUT2D eigenvalue weighted by Crippen LogP contribution is -2.49. The van der Waals surface area contributed by atoms with Crippen molar-refractivity contribution in [3.63, 3.8) is 0 Å². The number of aliphatic carboxylic acids is 1. The number of hydrogen-bond acceptors (Lipinski definition) is 10. The second kappa shape index (κ2) is 6.87. The highest BCUT2D eigenvalue weighted by Gasteiger charge is 2.73. The molecule has 5 rings (SSSR count). The Hall–Kier alpha value is -2.76. The van der Waals surface area contributed by atoms with E-state index in [1.165, 1.54) is 13.0 Å². The fourth-order valence-corrected chi connectivity index (χ4v) is 4.88. The van der Waals surface area contributed by atoms with Gasteiger partial charge in [-0.2, -0.15) is 0 Å². The molecule has 10 atom stereocenters. The van der Waals surface area contributed by atoms with Crippen LogP contribution in [-0.4, -0.2) is 82.9 Å². The number of carboxylic acid groups (broad SMARTS) is 1. The third-order valence-corrected chi connectivity index (χ3v) is 7.17. The molecule has 0 spiro atoms. The maximum Gasteiger partial charge on any atom is 0.341 e. The van der Waals surface area contributed by atoms with Gasteiger partial charge in [-0.05, 0) is 26.8 Å². The number of carboxylic acids is 1. The lowest BCUT2D eigenvalue weighted by Gasteiger charge is -2.33. The molecule has 33 heavy (non-hydrogen) atoms.